The molecule has 0 saturated carbocycles. The molecule has 0 saturated heterocycles. The highest BCUT2D eigenvalue weighted by Crippen LogP contribution is 2.22. The number of aryl methyl sites for hydroxylation is 1. The number of nitrogens with zero attached hydrogens (tertiary/aromatic N) is 3. The predicted octanol–water partition coefficient (Wildman–Crippen LogP) is 2.26. The summed E-state index contributed by atoms with van der Waals surface area (Å²) in [7, 11) is 0. The van der Waals surface area contributed by atoms with E-state index in [0.29, 0.717) is 11.0 Å². The zero-order valence-corrected chi connectivity index (χ0v) is 9.87. The van der Waals surface area contributed by atoms with Gasteiger partial charge in [0.1, 0.15) is 4.47 Å². The lowest BCUT2D eigenvalue weighted by Gasteiger charge is -1.93. The third kappa shape index (κ3) is 2.98. The van der Waals surface area contributed by atoms with E-state index in [1.165, 1.54) is 0 Å². The molecule has 0 spiro atoms. The zero-order chi connectivity index (χ0) is 10.6. The molecule has 0 aliphatic heterocycles. The Morgan fingerprint density at radius 3 is 2.86 bits per heavy atom. The van der Waals surface area contributed by atoms with Crippen molar-refractivity contribution in [2.24, 2.45) is 0 Å². The average molecular weight is 280 g/mol. The quantitative estimate of drug-likeness (QED) is 0.389. The largest absolute Gasteiger partial charge is 0.404 e. The molecule has 1 rings (SSSR count). The van der Waals surface area contributed by atoms with Crippen molar-refractivity contribution < 1.29 is 4.92 Å². The van der Waals surface area contributed by atoms with Crippen molar-refractivity contribution in [3.05, 3.63) is 20.8 Å². The maximum atomic E-state index is 10.5. The normalized spacial score (nSPS) is 10.4. The zero-order valence-electron chi connectivity index (χ0n) is 7.39. The van der Waals surface area contributed by atoms with Crippen LogP contribution in [0, 0.1) is 10.1 Å². The van der Waals surface area contributed by atoms with Gasteiger partial charge < -0.3 is 10.1 Å². The van der Waals surface area contributed by atoms with Crippen LogP contribution in [-0.4, -0.2) is 20.5 Å². The van der Waals surface area contributed by atoms with Gasteiger partial charge in [-0.15, -0.1) is 0 Å². The molecule has 0 fully saturated rings. The number of aromatic nitrogens is 2. The fourth-order valence-electron chi connectivity index (χ4n) is 1.01. The second-order valence-electron chi connectivity index (χ2n) is 2.75. The maximum absolute atomic E-state index is 10.5. The summed E-state index contributed by atoms with van der Waals surface area (Å²) in [5, 5.41) is 14.3. The first-order valence-corrected chi connectivity index (χ1v) is 5.56. The van der Waals surface area contributed by atoms with E-state index in [1.54, 1.807) is 10.9 Å². The van der Waals surface area contributed by atoms with Gasteiger partial charge in [-0.05, 0) is 39.4 Å². The number of hydrogen-bond acceptors (Lipinski definition) is 4. The summed E-state index contributed by atoms with van der Waals surface area (Å²) in [4.78, 5) is 9.95. The van der Waals surface area contributed by atoms with Crippen LogP contribution in [0.25, 0.3) is 0 Å². The summed E-state index contributed by atoms with van der Waals surface area (Å²) in [6.07, 6.45) is 3.53. The number of rotatable bonds is 5. The highest BCUT2D eigenvalue weighted by atomic mass is 79.9. The van der Waals surface area contributed by atoms with Gasteiger partial charge in [-0.1, -0.05) is 0 Å². The van der Waals surface area contributed by atoms with Crippen molar-refractivity contribution in [1.82, 2.24) is 9.78 Å². The molecular formula is C7H10BrN3O2S. The highest BCUT2D eigenvalue weighted by Gasteiger charge is 2.17. The first-order chi connectivity index (χ1) is 6.65. The second kappa shape index (κ2) is 5.35. The molecule has 0 bridgehead atoms. The number of hydrogen-bond donors (Lipinski definition) is 1. The van der Waals surface area contributed by atoms with Crippen molar-refractivity contribution in [3.63, 3.8) is 0 Å². The maximum Gasteiger partial charge on any atom is 0.404 e. The van der Waals surface area contributed by atoms with Crippen LogP contribution in [-0.2, 0) is 6.54 Å². The minimum atomic E-state index is -0.501. The molecule has 0 atom stereocenters. The van der Waals surface area contributed by atoms with Crippen LogP contribution in [0.5, 0.6) is 0 Å². The van der Waals surface area contributed by atoms with Crippen molar-refractivity contribution in [2.75, 3.05) is 5.75 Å². The molecule has 1 aromatic heterocycles. The Morgan fingerprint density at radius 2 is 2.36 bits per heavy atom. The molecular weight excluding hydrogens is 270 g/mol. The summed E-state index contributed by atoms with van der Waals surface area (Å²) in [6, 6.07) is 0. The minimum absolute atomic E-state index is 0.129. The minimum Gasteiger partial charge on any atom is -0.358 e. The lowest BCUT2D eigenvalue weighted by molar-refractivity contribution is -0.390. The number of unbranched alkanes of at least 4 members (excludes halogenated alkanes) is 1. The van der Waals surface area contributed by atoms with E-state index in [1.807, 2.05) is 0 Å². The summed E-state index contributed by atoms with van der Waals surface area (Å²) >= 11 is 7.16. The van der Waals surface area contributed by atoms with Gasteiger partial charge in [0.15, 0.2) is 0 Å². The van der Waals surface area contributed by atoms with Crippen LogP contribution >= 0.6 is 28.6 Å². The molecule has 0 aromatic carbocycles. The summed E-state index contributed by atoms with van der Waals surface area (Å²) in [5.41, 5.74) is 0. The summed E-state index contributed by atoms with van der Waals surface area (Å²) < 4.78 is 2.00. The molecule has 1 aromatic rings. The smallest absolute Gasteiger partial charge is 0.358 e. The van der Waals surface area contributed by atoms with E-state index in [2.05, 4.69) is 33.7 Å². The Kier molecular flexibility index (Phi) is 4.40. The van der Waals surface area contributed by atoms with Crippen LogP contribution in [0.15, 0.2) is 10.7 Å². The van der Waals surface area contributed by atoms with Gasteiger partial charge in [0, 0.05) is 0 Å². The average Bonchev–Trinajstić information content (AvgIpc) is 2.47. The number of thiol groups is 1. The van der Waals surface area contributed by atoms with Crippen LogP contribution < -0.4 is 0 Å². The van der Waals surface area contributed by atoms with Gasteiger partial charge in [-0.25, -0.2) is 0 Å². The van der Waals surface area contributed by atoms with Gasteiger partial charge in [-0.2, -0.15) is 17.3 Å². The first kappa shape index (κ1) is 11.5. The Morgan fingerprint density at radius 1 is 1.64 bits per heavy atom. The monoisotopic (exact) mass is 279 g/mol. The topological polar surface area (TPSA) is 61.0 Å². The molecule has 0 aliphatic rings. The molecule has 0 amide bonds. The lowest BCUT2D eigenvalue weighted by atomic mass is 10.3. The Labute approximate surface area is 95.2 Å². The molecule has 0 aliphatic carbocycles. The SMILES string of the molecule is O=[N+]([O-])c1nn(CCCCS)cc1Br. The third-order valence-electron chi connectivity index (χ3n) is 1.67. The van der Waals surface area contributed by atoms with E-state index in [0.717, 1.165) is 18.6 Å². The molecule has 14 heavy (non-hydrogen) atoms. The van der Waals surface area contributed by atoms with Crippen LogP contribution in [0.4, 0.5) is 5.82 Å². The summed E-state index contributed by atoms with van der Waals surface area (Å²) in [6.45, 7) is 0.687. The third-order valence-corrected chi connectivity index (χ3v) is 2.54. The summed E-state index contributed by atoms with van der Waals surface area (Å²) in [5.74, 6) is 0.695. The lowest BCUT2D eigenvalue weighted by Crippen LogP contribution is -2.00. The van der Waals surface area contributed by atoms with E-state index in [4.69, 9.17) is 0 Å². The Hall–Kier alpha value is -0.560. The Balaban J connectivity index is 2.62. The fourth-order valence-corrected chi connectivity index (χ4v) is 1.69. The number of halogens is 1. The van der Waals surface area contributed by atoms with Crippen LogP contribution in [0.2, 0.25) is 0 Å². The molecule has 5 nitrogen and oxygen atoms in total. The van der Waals surface area contributed by atoms with E-state index >= 15 is 0 Å². The number of nitro groups is 1. The molecule has 0 N–H and O–H groups in total. The first-order valence-electron chi connectivity index (χ1n) is 4.13. The molecule has 78 valence electrons. The van der Waals surface area contributed by atoms with E-state index in [9.17, 15) is 10.1 Å². The fraction of sp³-hybridized carbons (Fsp3) is 0.571. The molecule has 1 heterocycles. The van der Waals surface area contributed by atoms with E-state index < -0.39 is 4.92 Å². The van der Waals surface area contributed by atoms with Gasteiger partial charge in [-0.3, -0.25) is 0 Å². The van der Waals surface area contributed by atoms with Gasteiger partial charge in [0.25, 0.3) is 0 Å². The van der Waals surface area contributed by atoms with Crippen molar-refractivity contribution in [3.8, 4) is 0 Å². The molecule has 7 heteroatoms. The molecule has 0 unspecified atom stereocenters. The van der Waals surface area contributed by atoms with Crippen molar-refractivity contribution >= 4 is 34.4 Å². The molecule has 0 radical (unpaired) electrons. The standard InChI is InChI=1S/C7H10BrN3O2S/c8-6-5-10(3-1-2-4-14)9-7(6)11(12)13/h5,14H,1-4H2. The highest BCUT2D eigenvalue weighted by molar-refractivity contribution is 9.10. The van der Waals surface area contributed by atoms with Crippen molar-refractivity contribution in [1.29, 1.82) is 0 Å². The van der Waals surface area contributed by atoms with E-state index in [-0.39, 0.29) is 5.82 Å². The van der Waals surface area contributed by atoms with Crippen LogP contribution in [0.3, 0.4) is 0 Å². The Bertz CT molecular complexity index is 329. The van der Waals surface area contributed by atoms with Gasteiger partial charge in [0.05, 0.1) is 17.8 Å². The van der Waals surface area contributed by atoms with Crippen LogP contribution in [0.1, 0.15) is 12.8 Å². The van der Waals surface area contributed by atoms with Gasteiger partial charge in [0.2, 0.25) is 0 Å². The predicted molar refractivity (Wildman–Crippen MR) is 59.7 cm³/mol. The van der Waals surface area contributed by atoms with Crippen molar-refractivity contribution in [2.45, 2.75) is 19.4 Å². The second-order valence-corrected chi connectivity index (χ2v) is 4.05. The van der Waals surface area contributed by atoms with Gasteiger partial charge >= 0.3 is 5.82 Å².